The molecule has 0 saturated heterocycles. The molecule has 0 amide bonds. The topological polar surface area (TPSA) is 155 Å². The molecule has 0 spiro atoms. The number of aliphatic hydroxyl groups excluding tert-OH is 1. The Morgan fingerprint density at radius 2 is 0.711 bits per heavy atom. The van der Waals surface area contributed by atoms with Gasteiger partial charge < -0.3 is 24.2 Å². The van der Waals surface area contributed by atoms with Crippen LogP contribution in [0.15, 0.2) is 146 Å². The highest BCUT2D eigenvalue weighted by molar-refractivity contribution is 7.47. The molecule has 2 N–H and O–H groups in total. The highest BCUT2D eigenvalue weighted by Gasteiger charge is 2.28. The molecule has 3 unspecified atom stereocenters. The molecule has 3 atom stereocenters. The number of hydrogen-bond donors (Lipinski definition) is 2. The van der Waals surface area contributed by atoms with E-state index in [0.717, 1.165) is 116 Å². The fourth-order valence-electron chi connectivity index (χ4n) is 6.93. The quantitative estimate of drug-likeness (QED) is 0.0197. The zero-order valence-electron chi connectivity index (χ0n) is 47.2. The van der Waals surface area contributed by atoms with Crippen molar-refractivity contribution < 1.29 is 52.2 Å². The summed E-state index contributed by atoms with van der Waals surface area (Å²) in [6, 6.07) is 0. The lowest BCUT2D eigenvalue weighted by Gasteiger charge is -2.21. The number of allylic oxidation sites excluding steroid dienone is 24. The zero-order valence-corrected chi connectivity index (χ0v) is 48.0. The molecule has 0 bridgehead atoms. The van der Waals surface area contributed by atoms with Crippen molar-refractivity contribution in [3.05, 3.63) is 146 Å². The van der Waals surface area contributed by atoms with Crippen LogP contribution in [0, 0.1) is 0 Å². The summed E-state index contributed by atoms with van der Waals surface area (Å²) < 4.78 is 39.4. The smallest absolute Gasteiger partial charge is 0.462 e. The molecule has 76 heavy (non-hydrogen) atoms. The molecule has 428 valence electrons. The van der Waals surface area contributed by atoms with E-state index in [2.05, 4.69) is 154 Å². The third-order valence-corrected chi connectivity index (χ3v) is 12.2. The fourth-order valence-corrected chi connectivity index (χ4v) is 7.71. The molecule has 0 saturated carbocycles. The van der Waals surface area contributed by atoms with Crippen molar-refractivity contribution in [1.82, 2.24) is 0 Å². The molecule has 0 fully saturated rings. The number of unbranched alkanes of at least 4 members (excludes halogenated alkanes) is 10. The van der Waals surface area contributed by atoms with Gasteiger partial charge in [0, 0.05) is 19.3 Å². The van der Waals surface area contributed by atoms with Crippen LogP contribution in [0.4, 0.5) is 0 Å². The summed E-state index contributed by atoms with van der Waals surface area (Å²) in [6.45, 7) is 4.21. The van der Waals surface area contributed by atoms with E-state index in [4.69, 9.17) is 23.3 Å². The Balaban J connectivity index is 4.93. The zero-order chi connectivity index (χ0) is 55.5. The summed E-state index contributed by atoms with van der Waals surface area (Å²) in [7, 11) is -4.79. The van der Waals surface area contributed by atoms with Gasteiger partial charge in [0.25, 0.3) is 0 Å². The Kier molecular flexibility index (Phi) is 53.1. The van der Waals surface area contributed by atoms with Gasteiger partial charge in [-0.15, -0.1) is 0 Å². The van der Waals surface area contributed by atoms with E-state index in [9.17, 15) is 28.9 Å². The molecule has 0 aliphatic rings. The van der Waals surface area contributed by atoms with Crippen LogP contribution >= 0.6 is 7.82 Å². The number of hydrogen-bond acceptors (Lipinski definition) is 10. The van der Waals surface area contributed by atoms with Crippen LogP contribution < -0.4 is 0 Å². The van der Waals surface area contributed by atoms with Crippen LogP contribution in [-0.4, -0.2) is 66.5 Å². The second kappa shape index (κ2) is 56.6. The van der Waals surface area contributed by atoms with E-state index in [1.165, 1.54) is 19.3 Å². The molecule has 12 heteroatoms. The number of phosphoric acid groups is 1. The molecule has 0 aromatic heterocycles. The van der Waals surface area contributed by atoms with E-state index >= 15 is 0 Å². The number of phosphoric ester groups is 1. The predicted octanol–water partition coefficient (Wildman–Crippen LogP) is 17.1. The average molecular weight is 1080 g/mol. The minimum Gasteiger partial charge on any atom is -0.462 e. The number of ether oxygens (including phenoxy) is 3. The SMILES string of the molecule is CC/C=C\C/C=C\C/C=C\C/C=C\C/C=C\C/C=C\CCC(=O)OC(COC(=O)CCCC/C=C\C/C=C\C/C=C\C/C=C\CC)COP(=O)(O)OCC(CO)OC(=O)CCCCCCC/C=C\C/C=C\CCCCC. The number of rotatable bonds is 51. The average Bonchev–Trinajstić information content (AvgIpc) is 3.41. The molecule has 0 radical (unpaired) electrons. The molecular weight excluding hydrogens is 976 g/mol. The summed E-state index contributed by atoms with van der Waals surface area (Å²) in [5.41, 5.74) is 0. The molecular formula is C64H101O11P. The number of carbonyl (C=O) groups is 3. The number of esters is 3. The third kappa shape index (κ3) is 54.2. The van der Waals surface area contributed by atoms with Gasteiger partial charge in [-0.1, -0.05) is 199 Å². The van der Waals surface area contributed by atoms with Crippen LogP contribution in [0.2, 0.25) is 0 Å². The summed E-state index contributed by atoms with van der Waals surface area (Å²) in [5.74, 6) is -1.65. The second-order valence-corrected chi connectivity index (χ2v) is 19.8. The van der Waals surface area contributed by atoms with Crippen molar-refractivity contribution in [1.29, 1.82) is 0 Å². The molecule has 0 heterocycles. The Labute approximate surface area is 461 Å². The van der Waals surface area contributed by atoms with Gasteiger partial charge in [0.2, 0.25) is 0 Å². The van der Waals surface area contributed by atoms with Gasteiger partial charge in [-0.05, 0) is 128 Å². The highest BCUT2D eigenvalue weighted by atomic mass is 31.2. The van der Waals surface area contributed by atoms with E-state index in [1.54, 1.807) is 0 Å². The second-order valence-electron chi connectivity index (χ2n) is 18.3. The van der Waals surface area contributed by atoms with E-state index < -0.39 is 64.4 Å². The van der Waals surface area contributed by atoms with E-state index in [0.29, 0.717) is 25.7 Å². The lowest BCUT2D eigenvalue weighted by molar-refractivity contribution is -0.161. The maximum atomic E-state index is 12.9. The van der Waals surface area contributed by atoms with Gasteiger partial charge in [-0.2, -0.15) is 0 Å². The Morgan fingerprint density at radius 3 is 1.16 bits per heavy atom. The molecule has 0 aromatic carbocycles. The summed E-state index contributed by atoms with van der Waals surface area (Å²) >= 11 is 0. The van der Waals surface area contributed by atoms with Gasteiger partial charge in [-0.25, -0.2) is 4.57 Å². The molecule has 0 rings (SSSR count). The molecule has 11 nitrogen and oxygen atoms in total. The van der Waals surface area contributed by atoms with Crippen molar-refractivity contribution >= 4 is 25.7 Å². The number of carbonyl (C=O) groups excluding carboxylic acids is 3. The summed E-state index contributed by atoms with van der Waals surface area (Å²) in [5, 5.41) is 9.81. The van der Waals surface area contributed by atoms with Crippen molar-refractivity contribution in [2.75, 3.05) is 26.4 Å². The van der Waals surface area contributed by atoms with Crippen molar-refractivity contribution in [2.24, 2.45) is 0 Å². The minimum absolute atomic E-state index is 0.0237. The van der Waals surface area contributed by atoms with Gasteiger partial charge in [0.05, 0.1) is 19.8 Å². The Hall–Kier alpha value is -4.64. The van der Waals surface area contributed by atoms with E-state index in [1.807, 2.05) is 12.2 Å². The normalized spacial score (nSPS) is 14.4. The predicted molar refractivity (Wildman–Crippen MR) is 316 cm³/mol. The fraction of sp³-hybridized carbons (Fsp3) is 0.578. The summed E-state index contributed by atoms with van der Waals surface area (Å²) in [6.07, 6.45) is 72.5. The third-order valence-electron chi connectivity index (χ3n) is 11.2. The van der Waals surface area contributed by atoms with Gasteiger partial charge >= 0.3 is 25.7 Å². The molecule has 0 aliphatic heterocycles. The Morgan fingerprint density at radius 1 is 0.382 bits per heavy atom. The van der Waals surface area contributed by atoms with Crippen molar-refractivity contribution in [3.8, 4) is 0 Å². The van der Waals surface area contributed by atoms with Crippen molar-refractivity contribution in [3.63, 3.8) is 0 Å². The van der Waals surface area contributed by atoms with Crippen molar-refractivity contribution in [2.45, 2.75) is 213 Å². The summed E-state index contributed by atoms with van der Waals surface area (Å²) in [4.78, 5) is 48.5. The minimum atomic E-state index is -4.79. The van der Waals surface area contributed by atoms with Crippen LogP contribution in [0.1, 0.15) is 201 Å². The highest BCUT2D eigenvalue weighted by Crippen LogP contribution is 2.43. The van der Waals surface area contributed by atoms with Gasteiger partial charge in [0.1, 0.15) is 12.7 Å². The first-order chi connectivity index (χ1) is 37.2. The van der Waals surface area contributed by atoms with Gasteiger partial charge in [-0.3, -0.25) is 23.4 Å². The maximum absolute atomic E-state index is 12.9. The van der Waals surface area contributed by atoms with Crippen LogP contribution in [0.25, 0.3) is 0 Å². The van der Waals surface area contributed by atoms with Gasteiger partial charge in [0.15, 0.2) is 6.10 Å². The first-order valence-electron chi connectivity index (χ1n) is 28.7. The van der Waals surface area contributed by atoms with Crippen LogP contribution in [-0.2, 0) is 42.2 Å². The van der Waals surface area contributed by atoms with Crippen LogP contribution in [0.5, 0.6) is 0 Å². The standard InChI is InChI=1S/C64H101O11P/c1-4-7-10-13-16-19-22-25-28-29-30-31-34-37-40-43-46-49-52-55-64(68)75-61(57-71-62(66)53-50-47-44-41-38-35-32-26-23-20-17-14-11-8-5-2)59-73-76(69,70)72-58-60(56-65)74-63(67)54-51-48-45-42-39-36-33-27-24-21-18-15-12-9-6-3/h7-8,10-11,16-21,25-28,30-33,37-38,40-41,46,49,60-61,65H,4-6,9,12-15,22-24,29,34-36,39,42-45,47-48,50-59H2,1-3H3,(H,69,70)/b10-7-,11-8-,19-16-,20-17-,21-18-,28-25-,31-30-,32-26-,33-27-,40-37-,41-38-,49-46-. The molecule has 0 aromatic rings. The van der Waals surface area contributed by atoms with E-state index in [-0.39, 0.29) is 19.3 Å². The largest absolute Gasteiger partial charge is 0.472 e. The number of aliphatic hydroxyl groups is 1. The van der Waals surface area contributed by atoms with Crippen LogP contribution in [0.3, 0.4) is 0 Å². The lowest BCUT2D eigenvalue weighted by atomic mass is 10.1. The lowest BCUT2D eigenvalue weighted by Crippen LogP contribution is -2.30. The first kappa shape index (κ1) is 71.4. The Bertz CT molecular complexity index is 1830. The first-order valence-corrected chi connectivity index (χ1v) is 30.2. The molecule has 0 aliphatic carbocycles. The monoisotopic (exact) mass is 1080 g/mol. The maximum Gasteiger partial charge on any atom is 0.472 e.